The minimum Gasteiger partial charge on any atom is -0.419 e. The molecule has 6 rings (SSSR count). The molecule has 3 aromatic rings. The summed E-state index contributed by atoms with van der Waals surface area (Å²) in [4.78, 5) is 49.7. The quantitative estimate of drug-likeness (QED) is 0.362. The van der Waals surface area contributed by atoms with E-state index in [1.54, 1.807) is 54.5 Å². The molecule has 2 aliphatic heterocycles. The summed E-state index contributed by atoms with van der Waals surface area (Å²) in [6.45, 7) is 5.31. The normalized spacial score (nSPS) is 22.8. The Hall–Kier alpha value is -4.52. The Balaban J connectivity index is 1.23. The first-order valence-electron chi connectivity index (χ1n) is 13.4. The monoisotopic (exact) mass is 572 g/mol. The lowest BCUT2D eigenvalue weighted by atomic mass is 9.89. The Morgan fingerprint density at radius 2 is 1.90 bits per heavy atom. The third kappa shape index (κ3) is 5.20. The summed E-state index contributed by atoms with van der Waals surface area (Å²) in [5.74, 6) is 0.164. The third-order valence-corrected chi connectivity index (χ3v) is 8.69. The summed E-state index contributed by atoms with van der Waals surface area (Å²) in [6.07, 6.45) is 7.90. The molecule has 0 radical (unpaired) electrons. The van der Waals surface area contributed by atoms with E-state index >= 15 is 0 Å². The molecule has 2 unspecified atom stereocenters. The van der Waals surface area contributed by atoms with Gasteiger partial charge in [0.25, 0.3) is 0 Å². The summed E-state index contributed by atoms with van der Waals surface area (Å²) in [6, 6.07) is 7.27. The number of hydrogen-bond donors (Lipinski definition) is 3. The van der Waals surface area contributed by atoms with Gasteiger partial charge in [-0.15, -0.1) is 5.10 Å². The van der Waals surface area contributed by atoms with Crippen molar-refractivity contribution in [3.63, 3.8) is 0 Å². The van der Waals surface area contributed by atoms with Gasteiger partial charge in [0.1, 0.15) is 10.3 Å². The van der Waals surface area contributed by atoms with Crippen molar-refractivity contribution in [1.82, 2.24) is 36.1 Å². The van der Waals surface area contributed by atoms with E-state index in [4.69, 9.17) is 4.74 Å². The number of carbonyl (C=O) groups is 3. The van der Waals surface area contributed by atoms with Crippen LogP contribution in [0.3, 0.4) is 0 Å². The lowest BCUT2D eigenvalue weighted by Gasteiger charge is -2.36. The van der Waals surface area contributed by atoms with E-state index in [0.29, 0.717) is 33.9 Å². The van der Waals surface area contributed by atoms with E-state index in [1.165, 1.54) is 17.8 Å². The number of aryl methyl sites for hydroxylation is 1. The lowest BCUT2D eigenvalue weighted by Crippen LogP contribution is -2.56. The zero-order chi connectivity index (χ0) is 28.5. The van der Waals surface area contributed by atoms with Crippen molar-refractivity contribution in [2.45, 2.75) is 61.0 Å². The highest BCUT2D eigenvalue weighted by molar-refractivity contribution is 8.01. The number of nitrogens with one attached hydrogen (secondary N) is 3. The van der Waals surface area contributed by atoms with Gasteiger partial charge in [0.2, 0.25) is 23.6 Å². The fraction of sp³-hybridized carbons (Fsp3) is 0.321. The minimum atomic E-state index is -0.607. The average molecular weight is 573 g/mol. The maximum Gasteiger partial charge on any atom is 0.327 e. The molecular formula is C28H28N8O4S. The molecule has 1 aliphatic carbocycles. The predicted molar refractivity (Wildman–Crippen MR) is 151 cm³/mol. The van der Waals surface area contributed by atoms with Gasteiger partial charge in [-0.25, -0.2) is 14.8 Å². The zero-order valence-corrected chi connectivity index (χ0v) is 23.1. The number of amides is 4. The maximum atomic E-state index is 13.6. The van der Waals surface area contributed by atoms with E-state index in [2.05, 4.69) is 42.7 Å². The molecule has 4 atom stereocenters. The van der Waals surface area contributed by atoms with Crippen molar-refractivity contribution >= 4 is 41.0 Å². The Kier molecular flexibility index (Phi) is 7.26. The van der Waals surface area contributed by atoms with Gasteiger partial charge in [0, 0.05) is 42.2 Å². The Labute approximate surface area is 240 Å². The van der Waals surface area contributed by atoms with E-state index in [-0.39, 0.29) is 29.9 Å². The van der Waals surface area contributed by atoms with Gasteiger partial charge in [0.05, 0.1) is 23.1 Å². The number of nitrogens with zero attached hydrogens (tertiary/aromatic N) is 5. The molecule has 1 saturated carbocycles. The number of aromatic nitrogens is 4. The predicted octanol–water partition coefficient (Wildman–Crippen LogP) is 3.47. The van der Waals surface area contributed by atoms with Crippen LogP contribution in [0.2, 0.25) is 0 Å². The number of anilines is 2. The topological polar surface area (TPSA) is 151 Å². The van der Waals surface area contributed by atoms with Crippen LogP contribution >= 0.6 is 11.8 Å². The van der Waals surface area contributed by atoms with E-state index in [0.717, 1.165) is 31.2 Å². The van der Waals surface area contributed by atoms with Gasteiger partial charge in [-0.1, -0.05) is 31.2 Å². The number of urea groups is 1. The van der Waals surface area contributed by atoms with Crippen LogP contribution in [0.5, 0.6) is 11.8 Å². The van der Waals surface area contributed by atoms with Gasteiger partial charge >= 0.3 is 6.03 Å². The highest BCUT2D eigenvalue weighted by Crippen LogP contribution is 2.51. The molecule has 0 saturated heterocycles. The second kappa shape index (κ2) is 11.2. The molecule has 41 heavy (non-hydrogen) atoms. The van der Waals surface area contributed by atoms with E-state index in [9.17, 15) is 14.4 Å². The largest absolute Gasteiger partial charge is 0.419 e. The highest BCUT2D eigenvalue weighted by atomic mass is 32.2. The van der Waals surface area contributed by atoms with Crippen LogP contribution in [0, 0.1) is 6.92 Å². The fourth-order valence-electron chi connectivity index (χ4n) is 5.52. The van der Waals surface area contributed by atoms with Gasteiger partial charge in [0.15, 0.2) is 0 Å². The molecule has 12 nitrogen and oxygen atoms in total. The molecule has 4 amide bonds. The smallest absolute Gasteiger partial charge is 0.327 e. The molecule has 0 spiro atoms. The van der Waals surface area contributed by atoms with Crippen LogP contribution in [0.25, 0.3) is 0 Å². The average Bonchev–Trinajstić information content (AvgIpc) is 3.35. The van der Waals surface area contributed by atoms with E-state index < -0.39 is 11.3 Å². The van der Waals surface area contributed by atoms with Crippen molar-refractivity contribution in [2.75, 3.05) is 4.90 Å². The van der Waals surface area contributed by atoms with Crippen molar-refractivity contribution in [3.8, 4) is 11.8 Å². The SMILES string of the molecule is C=CC(=O)N[C@H]1CCCC[C@H]1NC(=O)C1Sc2nccc3c2C1NC(=O)N3c1ccc(Oc2cccnn2)nc1C. The molecule has 210 valence electrons. The first-order chi connectivity index (χ1) is 19.9. The second-order valence-corrected chi connectivity index (χ2v) is 11.1. The second-order valence-electron chi connectivity index (χ2n) is 9.99. The van der Waals surface area contributed by atoms with Crippen LogP contribution in [-0.2, 0) is 9.59 Å². The van der Waals surface area contributed by atoms with Gasteiger partial charge in [-0.05, 0) is 44.0 Å². The Bertz CT molecular complexity index is 1520. The number of thioether (sulfide) groups is 1. The first-order valence-corrected chi connectivity index (χ1v) is 14.2. The first kappa shape index (κ1) is 26.7. The summed E-state index contributed by atoms with van der Waals surface area (Å²) in [7, 11) is 0. The van der Waals surface area contributed by atoms with Crippen molar-refractivity contribution in [3.05, 3.63) is 66.6 Å². The summed E-state index contributed by atoms with van der Waals surface area (Å²) >= 11 is 1.33. The van der Waals surface area contributed by atoms with Crippen LogP contribution in [0.4, 0.5) is 16.2 Å². The molecule has 3 aliphatic rings. The molecular weight excluding hydrogens is 544 g/mol. The van der Waals surface area contributed by atoms with Crippen LogP contribution in [-0.4, -0.2) is 55.3 Å². The van der Waals surface area contributed by atoms with Crippen molar-refractivity contribution in [1.29, 1.82) is 0 Å². The summed E-state index contributed by atoms with van der Waals surface area (Å²) in [5.41, 5.74) is 2.57. The van der Waals surface area contributed by atoms with Crippen LogP contribution in [0.15, 0.2) is 60.4 Å². The number of pyridine rings is 2. The van der Waals surface area contributed by atoms with Gasteiger partial charge in [-0.3, -0.25) is 14.5 Å². The Morgan fingerprint density at radius 1 is 1.10 bits per heavy atom. The zero-order valence-electron chi connectivity index (χ0n) is 22.2. The number of carbonyl (C=O) groups excluding carboxylic acids is 3. The maximum absolute atomic E-state index is 13.6. The standard InChI is InChI=1S/C28H28N8O4S/c1-3-20(37)32-16-7-4-5-8-17(16)33-26(38)25-24-23-19(12-14-29-27(23)41-25)36(28(39)34-24)18-10-11-21(31-15(18)2)40-22-9-6-13-30-35-22/h3,6,9-14,16-17,24-25H,1,4-5,7-8H2,2H3,(H,32,37)(H,33,38)(H,34,39)/t16-,17+,24?,25?/m0/s1. The van der Waals surface area contributed by atoms with Crippen LogP contribution < -0.4 is 25.6 Å². The molecule has 1 fully saturated rings. The lowest BCUT2D eigenvalue weighted by molar-refractivity contribution is -0.123. The molecule has 3 aromatic heterocycles. The molecule has 0 bridgehead atoms. The summed E-state index contributed by atoms with van der Waals surface area (Å²) in [5, 5.41) is 16.9. The molecule has 13 heteroatoms. The molecule has 5 heterocycles. The number of hydrogen-bond acceptors (Lipinski definition) is 9. The molecule has 0 aromatic carbocycles. The number of rotatable bonds is 7. The van der Waals surface area contributed by atoms with E-state index in [1.807, 2.05) is 0 Å². The number of ether oxygens (including phenoxy) is 1. The highest BCUT2D eigenvalue weighted by Gasteiger charge is 2.47. The molecule has 3 N–H and O–H groups in total. The van der Waals surface area contributed by atoms with Gasteiger partial charge < -0.3 is 20.7 Å². The fourth-order valence-corrected chi connectivity index (χ4v) is 6.76. The third-order valence-electron chi connectivity index (χ3n) is 7.40. The minimum absolute atomic E-state index is 0.173. The van der Waals surface area contributed by atoms with Gasteiger partial charge in [-0.2, -0.15) is 5.10 Å². The Morgan fingerprint density at radius 3 is 2.63 bits per heavy atom. The van der Waals surface area contributed by atoms with Crippen LogP contribution in [0.1, 0.15) is 43.0 Å². The van der Waals surface area contributed by atoms with Crippen molar-refractivity contribution in [2.24, 2.45) is 0 Å². The summed E-state index contributed by atoms with van der Waals surface area (Å²) < 4.78 is 5.69. The van der Waals surface area contributed by atoms with Crippen molar-refractivity contribution < 1.29 is 19.1 Å².